The Hall–Kier alpha value is -2.30. The largest absolute Gasteiger partial charge is 0.331 e. The number of hydrogen-bond donors (Lipinski definition) is 0. The van der Waals surface area contributed by atoms with Gasteiger partial charge in [-0.3, -0.25) is 9.78 Å². The van der Waals surface area contributed by atoms with E-state index in [2.05, 4.69) is 4.98 Å². The number of hydrogen-bond acceptors (Lipinski definition) is 2. The zero-order valence-corrected chi connectivity index (χ0v) is 11.3. The number of rotatable bonds is 4. The molecule has 1 aliphatic carbocycles. The Balaban J connectivity index is 1.85. The van der Waals surface area contributed by atoms with E-state index in [0.29, 0.717) is 6.54 Å². The van der Waals surface area contributed by atoms with Gasteiger partial charge in [0, 0.05) is 31.0 Å². The van der Waals surface area contributed by atoms with E-state index in [-0.39, 0.29) is 11.6 Å². The van der Waals surface area contributed by atoms with Crippen molar-refractivity contribution >= 4 is 5.91 Å². The van der Waals surface area contributed by atoms with Gasteiger partial charge in [0.25, 0.3) is 5.91 Å². The van der Waals surface area contributed by atoms with Crippen LogP contribution in [0.25, 0.3) is 0 Å². The Labute approximate surface area is 121 Å². The summed E-state index contributed by atoms with van der Waals surface area (Å²) in [6, 6.07) is 6.83. The van der Waals surface area contributed by atoms with E-state index in [1.165, 1.54) is 6.07 Å². The summed E-state index contributed by atoms with van der Waals surface area (Å²) in [7, 11) is 0. The number of nitrogens with zero attached hydrogens (tertiary/aromatic N) is 2. The van der Waals surface area contributed by atoms with E-state index in [0.717, 1.165) is 30.5 Å². The number of carbonyl (C=O) groups is 1. The molecule has 1 fully saturated rings. The molecule has 0 aliphatic heterocycles. The molecule has 3 rings (SSSR count). The molecule has 0 bridgehead atoms. The second kappa shape index (κ2) is 5.60. The van der Waals surface area contributed by atoms with Gasteiger partial charge in [0.2, 0.25) is 0 Å². The van der Waals surface area contributed by atoms with Gasteiger partial charge in [-0.15, -0.1) is 0 Å². The van der Waals surface area contributed by atoms with E-state index in [4.69, 9.17) is 0 Å². The van der Waals surface area contributed by atoms with Crippen molar-refractivity contribution in [1.29, 1.82) is 0 Å². The first-order valence-electron chi connectivity index (χ1n) is 6.80. The Morgan fingerprint density at radius 3 is 2.52 bits per heavy atom. The highest BCUT2D eigenvalue weighted by atomic mass is 19.1. The third kappa shape index (κ3) is 3.07. The van der Waals surface area contributed by atoms with Gasteiger partial charge in [0.15, 0.2) is 0 Å². The molecule has 1 amide bonds. The van der Waals surface area contributed by atoms with Crippen molar-refractivity contribution in [2.75, 3.05) is 0 Å². The maximum Gasteiger partial charge on any atom is 0.257 e. The van der Waals surface area contributed by atoms with Crippen LogP contribution in [-0.4, -0.2) is 21.8 Å². The molecule has 0 radical (unpaired) electrons. The number of amides is 1. The zero-order valence-electron chi connectivity index (χ0n) is 11.3. The smallest absolute Gasteiger partial charge is 0.257 e. The maximum atomic E-state index is 13.8. The highest BCUT2D eigenvalue weighted by Crippen LogP contribution is 2.30. The standard InChI is InChI=1S/C16H14F2N2O/c17-12-1-4-14(15(18)9-12)16(21)20(13-2-3-13)10-11-5-7-19-8-6-11/h1,4-9,13H,2-3,10H2. The van der Waals surface area contributed by atoms with Crippen molar-refractivity contribution in [3.63, 3.8) is 0 Å². The lowest BCUT2D eigenvalue weighted by Gasteiger charge is -2.22. The monoisotopic (exact) mass is 288 g/mol. The number of aromatic nitrogens is 1. The Kier molecular flexibility index (Phi) is 3.64. The van der Waals surface area contributed by atoms with Gasteiger partial charge in [0.05, 0.1) is 5.56 Å². The predicted octanol–water partition coefficient (Wildman–Crippen LogP) is 3.16. The van der Waals surface area contributed by atoms with Crippen molar-refractivity contribution in [2.24, 2.45) is 0 Å². The predicted molar refractivity (Wildman–Crippen MR) is 73.5 cm³/mol. The average Bonchev–Trinajstić information content (AvgIpc) is 3.30. The first-order chi connectivity index (χ1) is 10.1. The Bertz CT molecular complexity index is 657. The Morgan fingerprint density at radius 1 is 1.19 bits per heavy atom. The number of carbonyl (C=O) groups excluding carboxylic acids is 1. The van der Waals surface area contributed by atoms with Crippen LogP contribution in [-0.2, 0) is 6.54 Å². The number of halogens is 2. The molecule has 0 unspecified atom stereocenters. The van der Waals surface area contributed by atoms with Crippen LogP contribution >= 0.6 is 0 Å². The summed E-state index contributed by atoms with van der Waals surface area (Å²) in [5, 5.41) is 0. The van der Waals surface area contributed by atoms with E-state index in [1.54, 1.807) is 17.3 Å². The highest BCUT2D eigenvalue weighted by molar-refractivity contribution is 5.94. The summed E-state index contributed by atoms with van der Waals surface area (Å²) in [5.41, 5.74) is 0.852. The fourth-order valence-corrected chi connectivity index (χ4v) is 2.26. The fourth-order valence-electron chi connectivity index (χ4n) is 2.26. The minimum Gasteiger partial charge on any atom is -0.331 e. The second-order valence-electron chi connectivity index (χ2n) is 5.14. The van der Waals surface area contributed by atoms with Crippen LogP contribution < -0.4 is 0 Å². The molecule has 0 N–H and O–H groups in total. The van der Waals surface area contributed by atoms with Crippen molar-refractivity contribution < 1.29 is 13.6 Å². The van der Waals surface area contributed by atoms with Crippen molar-refractivity contribution in [3.8, 4) is 0 Å². The van der Waals surface area contributed by atoms with Gasteiger partial charge >= 0.3 is 0 Å². The number of pyridine rings is 1. The van der Waals surface area contributed by atoms with Gasteiger partial charge in [-0.25, -0.2) is 8.78 Å². The van der Waals surface area contributed by atoms with Gasteiger partial charge in [-0.2, -0.15) is 0 Å². The first kappa shape index (κ1) is 13.7. The molecule has 2 aromatic rings. The topological polar surface area (TPSA) is 33.2 Å². The summed E-state index contributed by atoms with van der Waals surface area (Å²) >= 11 is 0. The zero-order chi connectivity index (χ0) is 14.8. The lowest BCUT2D eigenvalue weighted by atomic mass is 10.1. The van der Waals surface area contributed by atoms with Crippen LogP contribution in [0, 0.1) is 11.6 Å². The summed E-state index contributed by atoms with van der Waals surface area (Å²) < 4.78 is 26.7. The van der Waals surface area contributed by atoms with Crippen LogP contribution in [0.1, 0.15) is 28.8 Å². The Morgan fingerprint density at radius 2 is 1.90 bits per heavy atom. The molecule has 0 atom stereocenters. The van der Waals surface area contributed by atoms with Crippen molar-refractivity contribution in [3.05, 3.63) is 65.5 Å². The van der Waals surface area contributed by atoms with Gasteiger partial charge in [0.1, 0.15) is 11.6 Å². The molecule has 1 heterocycles. The van der Waals surface area contributed by atoms with Crippen LogP contribution in [0.5, 0.6) is 0 Å². The summed E-state index contributed by atoms with van der Waals surface area (Å²) in [5.74, 6) is -1.90. The number of benzene rings is 1. The van der Waals surface area contributed by atoms with Crippen LogP contribution in [0.4, 0.5) is 8.78 Å². The lowest BCUT2D eigenvalue weighted by Crippen LogP contribution is -2.33. The van der Waals surface area contributed by atoms with E-state index < -0.39 is 17.5 Å². The summed E-state index contributed by atoms with van der Waals surface area (Å²) in [4.78, 5) is 18.1. The molecular weight excluding hydrogens is 274 g/mol. The van der Waals surface area contributed by atoms with Crippen LogP contribution in [0.15, 0.2) is 42.7 Å². The van der Waals surface area contributed by atoms with Gasteiger partial charge in [-0.05, 0) is 42.7 Å². The fraction of sp³-hybridized carbons (Fsp3) is 0.250. The second-order valence-corrected chi connectivity index (χ2v) is 5.14. The first-order valence-corrected chi connectivity index (χ1v) is 6.80. The molecule has 108 valence electrons. The molecular formula is C16H14F2N2O. The van der Waals surface area contributed by atoms with Gasteiger partial charge < -0.3 is 4.90 Å². The van der Waals surface area contributed by atoms with E-state index in [9.17, 15) is 13.6 Å². The maximum absolute atomic E-state index is 13.8. The molecule has 1 aliphatic rings. The summed E-state index contributed by atoms with van der Waals surface area (Å²) in [6.45, 7) is 0.406. The molecule has 1 aromatic heterocycles. The quantitative estimate of drug-likeness (QED) is 0.865. The SMILES string of the molecule is O=C(c1ccc(F)cc1F)N(Cc1ccncc1)C1CC1. The summed E-state index contributed by atoms with van der Waals surface area (Å²) in [6.07, 6.45) is 5.14. The molecule has 1 saturated carbocycles. The van der Waals surface area contributed by atoms with Gasteiger partial charge in [-0.1, -0.05) is 0 Å². The molecule has 21 heavy (non-hydrogen) atoms. The third-order valence-corrected chi connectivity index (χ3v) is 3.51. The molecule has 0 saturated heterocycles. The van der Waals surface area contributed by atoms with E-state index >= 15 is 0 Å². The molecule has 3 nitrogen and oxygen atoms in total. The highest BCUT2D eigenvalue weighted by Gasteiger charge is 2.34. The minimum atomic E-state index is -0.819. The van der Waals surface area contributed by atoms with Crippen LogP contribution in [0.3, 0.4) is 0 Å². The molecule has 5 heteroatoms. The van der Waals surface area contributed by atoms with Crippen LogP contribution in [0.2, 0.25) is 0 Å². The average molecular weight is 288 g/mol. The van der Waals surface area contributed by atoms with Crippen molar-refractivity contribution in [2.45, 2.75) is 25.4 Å². The van der Waals surface area contributed by atoms with Crippen molar-refractivity contribution in [1.82, 2.24) is 9.88 Å². The minimum absolute atomic E-state index is 0.0858. The third-order valence-electron chi connectivity index (χ3n) is 3.51. The normalized spacial score (nSPS) is 14.0. The van der Waals surface area contributed by atoms with E-state index in [1.807, 2.05) is 12.1 Å². The lowest BCUT2D eigenvalue weighted by molar-refractivity contribution is 0.0725. The molecule has 1 aromatic carbocycles. The molecule has 0 spiro atoms.